The second-order valence-electron chi connectivity index (χ2n) is 10.8. The molecule has 1 saturated heterocycles. The quantitative estimate of drug-likeness (QED) is 0.137. The van der Waals surface area contributed by atoms with Gasteiger partial charge in [0.25, 0.3) is 0 Å². The van der Waals surface area contributed by atoms with Gasteiger partial charge in [-0.3, -0.25) is 5.10 Å². The van der Waals surface area contributed by atoms with E-state index in [1.807, 2.05) is 39.0 Å². The van der Waals surface area contributed by atoms with Crippen LogP contribution in [0.5, 0.6) is 11.6 Å². The summed E-state index contributed by atoms with van der Waals surface area (Å²) in [4.78, 5) is 12.0. The highest BCUT2D eigenvalue weighted by Gasteiger charge is 2.45. The standard InChI is InChI=1S/C27H42N4O9S/c1-14(2)20-18(24(31-30-20)40-25-23(37)22(36)21(35)19(11-32)41-25)10-16-5-6-17(9-15(16)3)39-8-7-28-26(38)29-27(4,12-33)13-34/h5-6,9,14,19,21-23,25,32-37H,7-8,10-13H2,1-4H3,(H,30,31)(H2,28,29,38)/t19-,21-,22?,23-,25-/m1/s1. The number of nitrogens with zero attached hydrogens (tertiary/aromatic N) is 1. The molecule has 0 bridgehead atoms. The highest BCUT2D eigenvalue weighted by molar-refractivity contribution is 8.00. The van der Waals surface area contributed by atoms with Crippen LogP contribution in [0.25, 0.3) is 0 Å². The Morgan fingerprint density at radius 1 is 1.15 bits per heavy atom. The molecule has 41 heavy (non-hydrogen) atoms. The van der Waals surface area contributed by atoms with Crippen molar-refractivity contribution in [1.29, 1.82) is 0 Å². The first-order valence-corrected chi connectivity index (χ1v) is 14.4. The Kier molecular flexibility index (Phi) is 11.7. The molecule has 2 heterocycles. The zero-order chi connectivity index (χ0) is 30.3. The summed E-state index contributed by atoms with van der Waals surface area (Å²) in [7, 11) is 0. The maximum Gasteiger partial charge on any atom is 0.315 e. The van der Waals surface area contributed by atoms with Gasteiger partial charge in [0.15, 0.2) is 5.44 Å². The molecule has 1 aromatic heterocycles. The molecule has 2 amide bonds. The molecule has 1 aliphatic rings. The number of aliphatic hydroxyl groups is 6. The summed E-state index contributed by atoms with van der Waals surface area (Å²) in [5, 5.41) is 70.8. The maximum absolute atomic E-state index is 12.0. The summed E-state index contributed by atoms with van der Waals surface area (Å²) in [6.45, 7) is 6.72. The summed E-state index contributed by atoms with van der Waals surface area (Å²) in [5.74, 6) is 0.978. The molecule has 9 N–H and O–H groups in total. The summed E-state index contributed by atoms with van der Waals surface area (Å²) in [6, 6.07) is 5.09. The van der Waals surface area contributed by atoms with Gasteiger partial charge in [0.05, 0.1) is 43.3 Å². The number of aromatic amines is 1. The fraction of sp³-hybridized carbons (Fsp3) is 0.630. The summed E-state index contributed by atoms with van der Waals surface area (Å²) in [6.07, 6.45) is -3.66. The highest BCUT2D eigenvalue weighted by atomic mass is 32.2. The van der Waals surface area contributed by atoms with E-state index in [4.69, 9.17) is 9.47 Å². The molecule has 2 aromatic rings. The third kappa shape index (κ3) is 8.25. The number of nitrogens with one attached hydrogen (secondary N) is 3. The van der Waals surface area contributed by atoms with Crippen molar-refractivity contribution in [2.75, 3.05) is 33.0 Å². The lowest BCUT2D eigenvalue weighted by atomic mass is 9.97. The van der Waals surface area contributed by atoms with E-state index in [0.717, 1.165) is 34.1 Å². The Hall–Kier alpha value is -2.59. The fourth-order valence-electron chi connectivity index (χ4n) is 4.31. The van der Waals surface area contributed by atoms with Gasteiger partial charge >= 0.3 is 6.03 Å². The molecule has 0 saturated carbocycles. The Labute approximate surface area is 243 Å². The molecule has 0 aliphatic carbocycles. The van der Waals surface area contributed by atoms with Gasteiger partial charge in [-0.1, -0.05) is 19.9 Å². The molecule has 1 fully saturated rings. The van der Waals surface area contributed by atoms with Crippen molar-refractivity contribution in [2.45, 2.75) is 74.6 Å². The van der Waals surface area contributed by atoms with Gasteiger partial charge in [-0.05, 0) is 43.0 Å². The minimum Gasteiger partial charge on any atom is -0.492 e. The molecular weight excluding hydrogens is 556 g/mol. The Morgan fingerprint density at radius 2 is 1.85 bits per heavy atom. The van der Waals surface area contributed by atoms with Gasteiger partial charge in [0.2, 0.25) is 5.88 Å². The van der Waals surface area contributed by atoms with E-state index >= 15 is 0 Å². The number of hydrogen-bond acceptors (Lipinski definition) is 11. The first-order chi connectivity index (χ1) is 19.4. The molecular formula is C27H42N4O9S. The normalized spacial score (nSPS) is 23.0. The lowest BCUT2D eigenvalue weighted by molar-refractivity contribution is -0.0915. The van der Waals surface area contributed by atoms with Crippen LogP contribution in [-0.2, 0) is 6.42 Å². The molecule has 13 nitrogen and oxygen atoms in total. The smallest absolute Gasteiger partial charge is 0.315 e. The minimum absolute atomic E-state index is 0.0941. The van der Waals surface area contributed by atoms with Crippen LogP contribution < -0.4 is 20.1 Å². The van der Waals surface area contributed by atoms with Crippen LogP contribution in [0.15, 0.2) is 18.2 Å². The molecule has 1 unspecified atom stereocenters. The average Bonchev–Trinajstić information content (AvgIpc) is 3.34. The predicted octanol–water partition coefficient (Wildman–Crippen LogP) is -0.251. The van der Waals surface area contributed by atoms with Gasteiger partial charge in [-0.2, -0.15) is 0 Å². The van der Waals surface area contributed by atoms with Crippen molar-refractivity contribution in [3.63, 3.8) is 0 Å². The summed E-state index contributed by atoms with van der Waals surface area (Å²) in [5.41, 5.74) is 1.52. The SMILES string of the molecule is Cc1cc(OCCNC(=O)NC(C)(CO)CO)ccc1Cc1c(O[C@@H]2S[C@H](CO)[C@@H](O)C(O)[C@H]2O)n[nH]c1C(C)C. The van der Waals surface area contributed by atoms with Crippen molar-refractivity contribution in [2.24, 2.45) is 0 Å². The van der Waals surface area contributed by atoms with E-state index in [0.29, 0.717) is 12.2 Å². The monoisotopic (exact) mass is 598 g/mol. The van der Waals surface area contributed by atoms with E-state index in [1.54, 1.807) is 0 Å². The maximum atomic E-state index is 12.0. The topological polar surface area (TPSA) is 210 Å². The van der Waals surface area contributed by atoms with Crippen LogP contribution in [0.1, 0.15) is 49.1 Å². The predicted molar refractivity (Wildman–Crippen MR) is 152 cm³/mol. The van der Waals surface area contributed by atoms with Crippen molar-refractivity contribution in [1.82, 2.24) is 20.8 Å². The third-order valence-corrected chi connectivity index (χ3v) is 8.39. The third-order valence-electron chi connectivity index (χ3n) is 6.97. The van der Waals surface area contributed by atoms with Crippen molar-refractivity contribution in [3.8, 4) is 11.6 Å². The molecule has 3 rings (SSSR count). The number of amides is 2. The average molecular weight is 599 g/mol. The van der Waals surface area contributed by atoms with Crippen LogP contribution in [0, 0.1) is 6.92 Å². The second-order valence-corrected chi connectivity index (χ2v) is 12.1. The minimum atomic E-state index is -1.47. The zero-order valence-corrected chi connectivity index (χ0v) is 24.5. The molecule has 5 atom stereocenters. The van der Waals surface area contributed by atoms with Crippen LogP contribution in [0.4, 0.5) is 4.79 Å². The van der Waals surface area contributed by atoms with Gasteiger partial charge in [-0.25, -0.2) is 4.79 Å². The number of rotatable bonds is 13. The zero-order valence-electron chi connectivity index (χ0n) is 23.7. The molecule has 1 aliphatic heterocycles. The van der Waals surface area contributed by atoms with Crippen LogP contribution in [0.3, 0.4) is 0 Å². The number of carbonyl (C=O) groups excluding carboxylic acids is 1. The second kappa shape index (κ2) is 14.5. The van der Waals surface area contributed by atoms with E-state index in [2.05, 4.69) is 20.8 Å². The van der Waals surface area contributed by atoms with Crippen LogP contribution in [-0.4, -0.2) is 114 Å². The van der Waals surface area contributed by atoms with Crippen molar-refractivity contribution < 1.29 is 44.9 Å². The van der Waals surface area contributed by atoms with Gasteiger partial charge < -0.3 is 50.7 Å². The Balaban J connectivity index is 1.65. The van der Waals surface area contributed by atoms with E-state index in [-0.39, 0.29) is 31.6 Å². The highest BCUT2D eigenvalue weighted by Crippen LogP contribution is 2.37. The number of aromatic nitrogens is 2. The molecule has 0 radical (unpaired) electrons. The van der Waals surface area contributed by atoms with Gasteiger partial charge in [0.1, 0.15) is 24.6 Å². The largest absolute Gasteiger partial charge is 0.492 e. The summed E-state index contributed by atoms with van der Waals surface area (Å²) < 4.78 is 11.8. The Bertz CT molecular complexity index is 1140. The number of H-pyrrole nitrogens is 1. The lowest BCUT2D eigenvalue weighted by Crippen LogP contribution is -2.55. The molecule has 1 aromatic carbocycles. The molecule has 14 heteroatoms. The number of aryl methyl sites for hydroxylation is 1. The Morgan fingerprint density at radius 3 is 2.46 bits per heavy atom. The van der Waals surface area contributed by atoms with Crippen molar-refractivity contribution in [3.05, 3.63) is 40.6 Å². The number of ether oxygens (including phenoxy) is 2. The fourth-order valence-corrected chi connectivity index (χ4v) is 5.53. The van der Waals surface area contributed by atoms with Crippen molar-refractivity contribution >= 4 is 17.8 Å². The number of hydrogen-bond donors (Lipinski definition) is 9. The first kappa shape index (κ1) is 32.9. The molecule has 0 spiro atoms. The first-order valence-electron chi connectivity index (χ1n) is 13.5. The lowest BCUT2D eigenvalue weighted by Gasteiger charge is -2.38. The number of aliphatic hydroxyl groups excluding tert-OH is 6. The van der Waals surface area contributed by atoms with Crippen LogP contribution >= 0.6 is 11.8 Å². The molecule has 230 valence electrons. The number of urea groups is 1. The summed E-state index contributed by atoms with van der Waals surface area (Å²) >= 11 is 1.04. The van der Waals surface area contributed by atoms with E-state index < -0.39 is 53.8 Å². The number of benzene rings is 1. The number of carbonyl (C=O) groups is 1. The van der Waals surface area contributed by atoms with Gasteiger partial charge in [-0.15, -0.1) is 16.9 Å². The van der Waals surface area contributed by atoms with Gasteiger partial charge in [0, 0.05) is 17.7 Å². The van der Waals surface area contributed by atoms with Crippen LogP contribution in [0.2, 0.25) is 0 Å². The van der Waals surface area contributed by atoms with E-state index in [1.165, 1.54) is 6.92 Å². The number of thioether (sulfide) groups is 1. The van der Waals surface area contributed by atoms with E-state index in [9.17, 15) is 35.4 Å².